The fraction of sp³-hybridized carbons (Fsp3) is 0.615. The molecule has 0 bridgehead atoms. The van der Waals surface area contributed by atoms with Gasteiger partial charge >= 0.3 is 0 Å². The summed E-state index contributed by atoms with van der Waals surface area (Å²) in [6.07, 6.45) is 4.72. The zero-order valence-corrected chi connectivity index (χ0v) is 9.82. The minimum absolute atomic E-state index is 0.693. The first-order chi connectivity index (χ1) is 7.84. The smallest absolute Gasteiger partial charge is 0.0556 e. The second-order valence-corrected chi connectivity index (χ2v) is 4.98. The van der Waals surface area contributed by atoms with Gasteiger partial charge in [0.2, 0.25) is 0 Å². The lowest BCUT2D eigenvalue weighted by molar-refractivity contribution is 0.385. The molecule has 0 saturated carbocycles. The van der Waals surface area contributed by atoms with E-state index in [1.807, 2.05) is 13.1 Å². The number of nitrogens with zero attached hydrogens (tertiary/aromatic N) is 2. The molecule has 2 aliphatic heterocycles. The number of rotatable bonds is 1. The van der Waals surface area contributed by atoms with E-state index in [0.29, 0.717) is 6.04 Å². The van der Waals surface area contributed by atoms with Crippen LogP contribution in [0.2, 0.25) is 0 Å². The highest BCUT2D eigenvalue weighted by molar-refractivity contribution is 5.46. The van der Waals surface area contributed by atoms with Crippen LogP contribution in [-0.2, 0) is 0 Å². The van der Waals surface area contributed by atoms with Crippen molar-refractivity contribution in [2.75, 3.05) is 24.5 Å². The third-order valence-electron chi connectivity index (χ3n) is 3.91. The molecule has 86 valence electrons. The second kappa shape index (κ2) is 4.06. The second-order valence-electron chi connectivity index (χ2n) is 4.98. The van der Waals surface area contributed by atoms with E-state index in [1.54, 1.807) is 0 Å². The van der Waals surface area contributed by atoms with Crippen molar-refractivity contribution in [3.63, 3.8) is 0 Å². The molecular weight excluding hydrogens is 198 g/mol. The number of pyridine rings is 1. The summed E-state index contributed by atoms with van der Waals surface area (Å²) in [5, 5.41) is 3.51. The number of aromatic nitrogens is 1. The molecular formula is C13H19N3. The van der Waals surface area contributed by atoms with Gasteiger partial charge in [-0.2, -0.15) is 0 Å². The molecule has 1 aromatic heterocycles. The van der Waals surface area contributed by atoms with Crippen LogP contribution < -0.4 is 10.2 Å². The van der Waals surface area contributed by atoms with Gasteiger partial charge < -0.3 is 10.2 Å². The molecule has 3 heteroatoms. The standard InChI is InChI=1S/C13H19N3/c1-10-4-5-12(8-15-10)16-6-2-3-11-7-14-9-13(11)16/h4-5,8,11,13-14H,2-3,6-7,9H2,1H3. The Hall–Kier alpha value is -1.09. The van der Waals surface area contributed by atoms with Crippen LogP contribution in [0.15, 0.2) is 18.3 Å². The Morgan fingerprint density at radius 3 is 3.12 bits per heavy atom. The fourth-order valence-corrected chi connectivity index (χ4v) is 3.02. The predicted molar refractivity (Wildman–Crippen MR) is 65.7 cm³/mol. The first-order valence-electron chi connectivity index (χ1n) is 6.24. The Labute approximate surface area is 96.9 Å². The number of nitrogens with one attached hydrogen (secondary N) is 1. The summed E-state index contributed by atoms with van der Waals surface area (Å²) in [6, 6.07) is 5.02. The van der Waals surface area contributed by atoms with Gasteiger partial charge in [-0.1, -0.05) is 0 Å². The molecule has 2 saturated heterocycles. The molecule has 0 radical (unpaired) electrons. The maximum atomic E-state index is 4.41. The van der Waals surface area contributed by atoms with Gasteiger partial charge in [0, 0.05) is 31.4 Å². The highest BCUT2D eigenvalue weighted by Gasteiger charge is 2.34. The topological polar surface area (TPSA) is 28.2 Å². The summed E-state index contributed by atoms with van der Waals surface area (Å²) in [7, 11) is 0. The van der Waals surface area contributed by atoms with Crippen LogP contribution in [0.3, 0.4) is 0 Å². The number of aryl methyl sites for hydroxylation is 1. The van der Waals surface area contributed by atoms with Gasteiger partial charge in [0.25, 0.3) is 0 Å². The molecule has 2 fully saturated rings. The molecule has 2 aliphatic rings. The van der Waals surface area contributed by atoms with E-state index in [4.69, 9.17) is 0 Å². The lowest BCUT2D eigenvalue weighted by Gasteiger charge is -2.38. The number of piperidine rings is 1. The van der Waals surface area contributed by atoms with Gasteiger partial charge in [-0.25, -0.2) is 0 Å². The molecule has 16 heavy (non-hydrogen) atoms. The average Bonchev–Trinajstić information content (AvgIpc) is 2.78. The van der Waals surface area contributed by atoms with Crippen molar-refractivity contribution >= 4 is 5.69 Å². The Bertz CT molecular complexity index is 360. The van der Waals surface area contributed by atoms with Crippen molar-refractivity contribution in [2.24, 2.45) is 5.92 Å². The lowest BCUT2D eigenvalue weighted by atomic mass is 9.92. The van der Waals surface area contributed by atoms with E-state index >= 15 is 0 Å². The lowest BCUT2D eigenvalue weighted by Crippen LogP contribution is -2.45. The molecule has 2 atom stereocenters. The zero-order valence-electron chi connectivity index (χ0n) is 9.82. The summed E-state index contributed by atoms with van der Waals surface area (Å²) < 4.78 is 0. The van der Waals surface area contributed by atoms with Gasteiger partial charge in [0.05, 0.1) is 11.9 Å². The summed E-state index contributed by atoms with van der Waals surface area (Å²) in [4.78, 5) is 6.95. The SMILES string of the molecule is Cc1ccc(N2CCCC3CNCC32)cn1. The molecule has 3 rings (SSSR count). The normalized spacial score (nSPS) is 29.2. The molecule has 3 nitrogen and oxygen atoms in total. The number of hydrogen-bond donors (Lipinski definition) is 1. The van der Waals surface area contributed by atoms with Gasteiger partial charge in [0.15, 0.2) is 0 Å². The molecule has 0 aromatic carbocycles. The Balaban J connectivity index is 1.85. The first-order valence-corrected chi connectivity index (χ1v) is 6.24. The average molecular weight is 217 g/mol. The molecule has 1 aromatic rings. The van der Waals surface area contributed by atoms with Crippen molar-refractivity contribution in [3.05, 3.63) is 24.0 Å². The minimum Gasteiger partial charge on any atom is -0.366 e. The summed E-state index contributed by atoms with van der Waals surface area (Å²) in [5.41, 5.74) is 2.39. The van der Waals surface area contributed by atoms with E-state index in [1.165, 1.54) is 31.6 Å². The maximum absolute atomic E-state index is 4.41. The van der Waals surface area contributed by atoms with E-state index in [-0.39, 0.29) is 0 Å². The molecule has 3 heterocycles. The van der Waals surface area contributed by atoms with E-state index in [9.17, 15) is 0 Å². The maximum Gasteiger partial charge on any atom is 0.0556 e. The van der Waals surface area contributed by atoms with Gasteiger partial charge in [-0.05, 0) is 37.8 Å². The summed E-state index contributed by atoms with van der Waals surface area (Å²) in [6.45, 7) is 5.56. The highest BCUT2D eigenvalue weighted by atomic mass is 15.2. The number of anilines is 1. The van der Waals surface area contributed by atoms with E-state index in [2.05, 4.69) is 27.3 Å². The highest BCUT2D eigenvalue weighted by Crippen LogP contribution is 2.30. The Kier molecular flexibility index (Phi) is 2.56. The van der Waals surface area contributed by atoms with Crippen LogP contribution >= 0.6 is 0 Å². The fourth-order valence-electron chi connectivity index (χ4n) is 3.02. The third kappa shape index (κ3) is 1.69. The van der Waals surface area contributed by atoms with Crippen LogP contribution in [0.4, 0.5) is 5.69 Å². The molecule has 0 aliphatic carbocycles. The predicted octanol–water partition coefficient (Wildman–Crippen LogP) is 1.58. The summed E-state index contributed by atoms with van der Waals surface area (Å²) >= 11 is 0. The van der Waals surface area contributed by atoms with Gasteiger partial charge in [-0.3, -0.25) is 4.98 Å². The van der Waals surface area contributed by atoms with Crippen LogP contribution in [0, 0.1) is 12.8 Å². The van der Waals surface area contributed by atoms with E-state index < -0.39 is 0 Å². The minimum atomic E-state index is 0.693. The van der Waals surface area contributed by atoms with Crippen molar-refractivity contribution in [3.8, 4) is 0 Å². The summed E-state index contributed by atoms with van der Waals surface area (Å²) in [5.74, 6) is 0.843. The Morgan fingerprint density at radius 1 is 1.38 bits per heavy atom. The first kappa shape index (κ1) is 10.1. The van der Waals surface area contributed by atoms with Crippen LogP contribution in [0.5, 0.6) is 0 Å². The van der Waals surface area contributed by atoms with Crippen LogP contribution in [0.1, 0.15) is 18.5 Å². The number of fused-ring (bicyclic) bond motifs is 1. The van der Waals surface area contributed by atoms with E-state index in [0.717, 1.165) is 18.2 Å². The molecule has 2 unspecified atom stereocenters. The zero-order chi connectivity index (χ0) is 11.0. The van der Waals surface area contributed by atoms with Crippen molar-refractivity contribution in [1.29, 1.82) is 0 Å². The molecule has 0 amide bonds. The molecule has 0 spiro atoms. The monoisotopic (exact) mass is 217 g/mol. The van der Waals surface area contributed by atoms with Crippen LogP contribution in [-0.4, -0.2) is 30.7 Å². The van der Waals surface area contributed by atoms with Gasteiger partial charge in [0.1, 0.15) is 0 Å². The quantitative estimate of drug-likeness (QED) is 0.774. The van der Waals surface area contributed by atoms with Crippen LogP contribution in [0.25, 0.3) is 0 Å². The molecule has 1 N–H and O–H groups in total. The van der Waals surface area contributed by atoms with Gasteiger partial charge in [-0.15, -0.1) is 0 Å². The van der Waals surface area contributed by atoms with Crippen molar-refractivity contribution in [1.82, 2.24) is 10.3 Å². The van der Waals surface area contributed by atoms with Crippen molar-refractivity contribution < 1.29 is 0 Å². The number of hydrogen-bond acceptors (Lipinski definition) is 3. The largest absolute Gasteiger partial charge is 0.366 e. The Morgan fingerprint density at radius 2 is 2.31 bits per heavy atom. The third-order valence-corrected chi connectivity index (χ3v) is 3.91. The van der Waals surface area contributed by atoms with Crippen molar-refractivity contribution in [2.45, 2.75) is 25.8 Å².